The molecule has 1 heterocycles. The summed E-state index contributed by atoms with van der Waals surface area (Å²) in [7, 11) is 0. The van der Waals surface area contributed by atoms with Crippen LogP contribution < -0.4 is 10.1 Å². The minimum atomic E-state index is -0.178. The van der Waals surface area contributed by atoms with E-state index < -0.39 is 0 Å². The molecule has 3 aromatic rings. The van der Waals surface area contributed by atoms with Crippen LogP contribution in [-0.2, 0) is 6.61 Å². The van der Waals surface area contributed by atoms with Crippen LogP contribution in [0.15, 0.2) is 59.0 Å². The van der Waals surface area contributed by atoms with E-state index in [1.165, 1.54) is 0 Å². The Labute approximate surface area is 165 Å². The number of aliphatic hydroxyl groups is 1. The first-order valence-electron chi connectivity index (χ1n) is 9.38. The Hall–Kier alpha value is -3.05. The van der Waals surface area contributed by atoms with E-state index in [-0.39, 0.29) is 18.6 Å². The molecule has 1 amide bonds. The molecule has 0 spiro atoms. The molecule has 0 aliphatic rings. The van der Waals surface area contributed by atoms with Gasteiger partial charge in [-0.15, -0.1) is 0 Å². The summed E-state index contributed by atoms with van der Waals surface area (Å²) < 4.78 is 11.3. The van der Waals surface area contributed by atoms with Gasteiger partial charge in [-0.2, -0.15) is 0 Å². The van der Waals surface area contributed by atoms with Crippen LogP contribution in [0.2, 0.25) is 0 Å². The van der Waals surface area contributed by atoms with E-state index in [1.807, 2.05) is 50.2 Å². The lowest BCUT2D eigenvalue weighted by molar-refractivity contribution is 0.102. The van der Waals surface area contributed by atoms with Gasteiger partial charge in [-0.3, -0.25) is 4.79 Å². The predicted molar refractivity (Wildman–Crippen MR) is 110 cm³/mol. The van der Waals surface area contributed by atoms with E-state index in [0.717, 1.165) is 23.3 Å². The number of rotatable bonds is 7. The van der Waals surface area contributed by atoms with Crippen LogP contribution in [0.5, 0.6) is 5.75 Å². The van der Waals surface area contributed by atoms with Crippen LogP contribution in [0.1, 0.15) is 41.9 Å². The van der Waals surface area contributed by atoms with Crippen LogP contribution >= 0.6 is 0 Å². The molecule has 1 atom stereocenters. The van der Waals surface area contributed by atoms with Gasteiger partial charge >= 0.3 is 0 Å². The summed E-state index contributed by atoms with van der Waals surface area (Å²) in [6, 6.07) is 16.3. The minimum Gasteiger partial charge on any atom is -0.491 e. The standard InChI is InChI=1S/C23H25NO4/c1-4-16(3)27-19-8-5-17(6-9-19)23(26)24-18-7-11-21(15(2)13-18)22-12-10-20(14-25)28-22/h5-13,16,25H,4,14H2,1-3H3,(H,24,26). The molecule has 0 bridgehead atoms. The second-order valence-electron chi connectivity index (χ2n) is 6.77. The molecule has 0 aliphatic heterocycles. The molecule has 1 aromatic heterocycles. The molecule has 2 aromatic carbocycles. The molecule has 1 unspecified atom stereocenters. The van der Waals surface area contributed by atoms with Crippen molar-refractivity contribution in [2.24, 2.45) is 0 Å². The number of furan rings is 1. The highest BCUT2D eigenvalue weighted by Crippen LogP contribution is 2.28. The van der Waals surface area contributed by atoms with Crippen LogP contribution in [-0.4, -0.2) is 17.1 Å². The van der Waals surface area contributed by atoms with Gasteiger partial charge < -0.3 is 19.6 Å². The number of aryl methyl sites for hydroxylation is 1. The molecule has 0 fully saturated rings. The smallest absolute Gasteiger partial charge is 0.255 e. The zero-order valence-electron chi connectivity index (χ0n) is 16.4. The van der Waals surface area contributed by atoms with Crippen molar-refractivity contribution in [1.29, 1.82) is 0 Å². The lowest BCUT2D eigenvalue weighted by Crippen LogP contribution is -2.13. The molecule has 146 valence electrons. The maximum Gasteiger partial charge on any atom is 0.255 e. The van der Waals surface area contributed by atoms with Crippen molar-refractivity contribution in [1.82, 2.24) is 0 Å². The first kappa shape index (κ1) is 19.7. The molecule has 3 rings (SSSR count). The van der Waals surface area contributed by atoms with Crippen LogP contribution in [0.4, 0.5) is 5.69 Å². The van der Waals surface area contributed by atoms with Gasteiger partial charge in [0.05, 0.1) is 6.10 Å². The van der Waals surface area contributed by atoms with Crippen molar-refractivity contribution in [2.45, 2.75) is 39.9 Å². The summed E-state index contributed by atoms with van der Waals surface area (Å²) in [5.41, 5.74) is 3.16. The van der Waals surface area contributed by atoms with Crippen molar-refractivity contribution in [3.8, 4) is 17.1 Å². The maximum absolute atomic E-state index is 12.5. The first-order chi connectivity index (χ1) is 13.5. The monoisotopic (exact) mass is 379 g/mol. The third kappa shape index (κ3) is 4.61. The number of hydrogen-bond donors (Lipinski definition) is 2. The molecule has 28 heavy (non-hydrogen) atoms. The highest BCUT2D eigenvalue weighted by atomic mass is 16.5. The molecule has 2 N–H and O–H groups in total. The largest absolute Gasteiger partial charge is 0.491 e. The van der Waals surface area contributed by atoms with E-state index in [1.54, 1.807) is 18.2 Å². The second kappa shape index (κ2) is 8.76. The van der Waals surface area contributed by atoms with Gasteiger partial charge in [-0.1, -0.05) is 6.92 Å². The lowest BCUT2D eigenvalue weighted by Gasteiger charge is -2.13. The van der Waals surface area contributed by atoms with Gasteiger partial charge in [0.2, 0.25) is 0 Å². The third-order valence-electron chi connectivity index (χ3n) is 4.60. The van der Waals surface area contributed by atoms with E-state index in [9.17, 15) is 4.79 Å². The van der Waals surface area contributed by atoms with Gasteiger partial charge in [0, 0.05) is 16.8 Å². The normalized spacial score (nSPS) is 11.9. The summed E-state index contributed by atoms with van der Waals surface area (Å²) in [5, 5.41) is 12.1. The quantitative estimate of drug-likeness (QED) is 0.593. The Morgan fingerprint density at radius 1 is 1.14 bits per heavy atom. The van der Waals surface area contributed by atoms with Crippen LogP contribution in [0, 0.1) is 6.92 Å². The van der Waals surface area contributed by atoms with Gasteiger partial charge in [0.1, 0.15) is 23.9 Å². The van der Waals surface area contributed by atoms with Gasteiger partial charge in [-0.25, -0.2) is 0 Å². The maximum atomic E-state index is 12.5. The number of nitrogens with one attached hydrogen (secondary N) is 1. The fourth-order valence-electron chi connectivity index (χ4n) is 2.83. The Morgan fingerprint density at radius 2 is 1.89 bits per heavy atom. The SMILES string of the molecule is CCC(C)Oc1ccc(C(=O)Nc2ccc(-c3ccc(CO)o3)c(C)c2)cc1. The zero-order chi connectivity index (χ0) is 20.1. The molecule has 0 saturated heterocycles. The van der Waals surface area contributed by atoms with Gasteiger partial charge in [-0.05, 0) is 80.4 Å². The average molecular weight is 379 g/mol. The molecule has 5 heteroatoms. The van der Waals surface area contributed by atoms with E-state index in [2.05, 4.69) is 12.2 Å². The predicted octanol–water partition coefficient (Wildman–Crippen LogP) is 5.18. The topological polar surface area (TPSA) is 71.7 Å². The van der Waals surface area contributed by atoms with Crippen LogP contribution in [0.25, 0.3) is 11.3 Å². The summed E-state index contributed by atoms with van der Waals surface area (Å²) in [5.74, 6) is 1.79. The first-order valence-corrected chi connectivity index (χ1v) is 9.38. The second-order valence-corrected chi connectivity index (χ2v) is 6.77. The highest BCUT2D eigenvalue weighted by molar-refractivity contribution is 6.04. The lowest BCUT2D eigenvalue weighted by atomic mass is 10.1. The number of aliphatic hydroxyl groups excluding tert-OH is 1. The van der Waals surface area contributed by atoms with E-state index in [4.69, 9.17) is 14.3 Å². The summed E-state index contributed by atoms with van der Waals surface area (Å²) in [6.45, 7) is 5.90. The van der Waals surface area contributed by atoms with Crippen LogP contribution in [0.3, 0.4) is 0 Å². The number of benzene rings is 2. The van der Waals surface area contributed by atoms with E-state index in [0.29, 0.717) is 22.8 Å². The van der Waals surface area contributed by atoms with Crippen molar-refractivity contribution < 1.29 is 19.1 Å². The van der Waals surface area contributed by atoms with E-state index >= 15 is 0 Å². The number of carbonyl (C=O) groups excluding carboxylic acids is 1. The number of ether oxygens (including phenoxy) is 1. The summed E-state index contributed by atoms with van der Waals surface area (Å²) in [4.78, 5) is 12.5. The minimum absolute atomic E-state index is 0.131. The number of anilines is 1. The van der Waals surface area contributed by atoms with Crippen molar-refractivity contribution in [2.75, 3.05) is 5.32 Å². The fourth-order valence-corrected chi connectivity index (χ4v) is 2.83. The third-order valence-corrected chi connectivity index (χ3v) is 4.60. The molecule has 5 nitrogen and oxygen atoms in total. The van der Waals surface area contributed by atoms with Crippen molar-refractivity contribution in [3.63, 3.8) is 0 Å². The molecular weight excluding hydrogens is 354 g/mol. The number of hydrogen-bond acceptors (Lipinski definition) is 4. The highest BCUT2D eigenvalue weighted by Gasteiger charge is 2.11. The molecular formula is C23H25NO4. The number of carbonyl (C=O) groups is 1. The van der Waals surface area contributed by atoms with Gasteiger partial charge in [0.15, 0.2) is 0 Å². The summed E-state index contributed by atoms with van der Waals surface area (Å²) in [6.07, 6.45) is 1.07. The average Bonchev–Trinajstić information content (AvgIpc) is 3.17. The Balaban J connectivity index is 1.69. The fraction of sp³-hybridized carbons (Fsp3) is 0.261. The number of amides is 1. The van der Waals surface area contributed by atoms with Gasteiger partial charge in [0.25, 0.3) is 5.91 Å². The van der Waals surface area contributed by atoms with Crippen molar-refractivity contribution in [3.05, 3.63) is 71.5 Å². The Bertz CT molecular complexity index is 943. The summed E-state index contributed by atoms with van der Waals surface area (Å²) >= 11 is 0. The molecule has 0 saturated carbocycles. The molecule has 0 aliphatic carbocycles. The Kier molecular flexibility index (Phi) is 6.16. The Morgan fingerprint density at radius 3 is 2.50 bits per heavy atom. The van der Waals surface area contributed by atoms with Crippen molar-refractivity contribution >= 4 is 11.6 Å². The zero-order valence-corrected chi connectivity index (χ0v) is 16.4. The molecule has 0 radical (unpaired) electrons.